The summed E-state index contributed by atoms with van der Waals surface area (Å²) < 4.78 is 1.94. The van der Waals surface area contributed by atoms with Crippen molar-refractivity contribution in [1.29, 1.82) is 0 Å². The van der Waals surface area contributed by atoms with E-state index in [0.717, 1.165) is 23.5 Å². The van der Waals surface area contributed by atoms with Gasteiger partial charge in [-0.1, -0.05) is 24.3 Å². The maximum absolute atomic E-state index is 5.74. The van der Waals surface area contributed by atoms with E-state index in [-0.39, 0.29) is 0 Å². The van der Waals surface area contributed by atoms with Crippen molar-refractivity contribution in [1.82, 2.24) is 19.6 Å². The van der Waals surface area contributed by atoms with E-state index in [1.54, 1.807) is 12.4 Å². The molecule has 1 aromatic carbocycles. The first-order chi connectivity index (χ1) is 8.88. The molecule has 0 unspecified atom stereocenters. The van der Waals surface area contributed by atoms with Crippen LogP contribution in [0.25, 0.3) is 5.65 Å². The van der Waals surface area contributed by atoms with Crippen LogP contribution in [0.5, 0.6) is 0 Å². The summed E-state index contributed by atoms with van der Waals surface area (Å²) in [6, 6.07) is 8.13. The van der Waals surface area contributed by atoms with Gasteiger partial charge in [-0.15, -0.1) is 10.2 Å². The highest BCUT2D eigenvalue weighted by molar-refractivity contribution is 5.36. The quantitative estimate of drug-likeness (QED) is 0.745. The lowest BCUT2D eigenvalue weighted by Gasteiger charge is -2.06. The summed E-state index contributed by atoms with van der Waals surface area (Å²) in [7, 11) is 0. The van der Waals surface area contributed by atoms with Gasteiger partial charge < -0.3 is 5.73 Å². The first kappa shape index (κ1) is 10.9. The summed E-state index contributed by atoms with van der Waals surface area (Å²) in [4.78, 5) is 4.02. The van der Waals surface area contributed by atoms with Gasteiger partial charge in [-0.25, -0.2) is 0 Å². The summed E-state index contributed by atoms with van der Waals surface area (Å²) in [5.74, 6) is 0.897. The number of hydrogen-bond donors (Lipinski definition) is 1. The van der Waals surface area contributed by atoms with Gasteiger partial charge >= 0.3 is 0 Å². The smallest absolute Gasteiger partial charge is 0.179 e. The molecule has 5 nitrogen and oxygen atoms in total. The third kappa shape index (κ3) is 1.84. The van der Waals surface area contributed by atoms with Crippen LogP contribution < -0.4 is 5.73 Å². The van der Waals surface area contributed by atoms with E-state index >= 15 is 0 Å². The summed E-state index contributed by atoms with van der Waals surface area (Å²) >= 11 is 0. The van der Waals surface area contributed by atoms with Gasteiger partial charge in [-0.3, -0.25) is 9.38 Å². The molecule has 3 rings (SSSR count). The van der Waals surface area contributed by atoms with Crippen LogP contribution in [0, 0.1) is 0 Å². The monoisotopic (exact) mass is 239 g/mol. The van der Waals surface area contributed by atoms with Gasteiger partial charge in [-0.2, -0.15) is 0 Å². The van der Waals surface area contributed by atoms with Gasteiger partial charge in [0, 0.05) is 25.4 Å². The topological polar surface area (TPSA) is 69.1 Å². The molecule has 18 heavy (non-hydrogen) atoms. The fourth-order valence-corrected chi connectivity index (χ4v) is 2.02. The van der Waals surface area contributed by atoms with Crippen LogP contribution in [-0.2, 0) is 13.0 Å². The number of fused-ring (bicyclic) bond motifs is 1. The lowest BCUT2D eigenvalue weighted by Crippen LogP contribution is -2.04. The van der Waals surface area contributed by atoms with Gasteiger partial charge in [0.05, 0.1) is 6.20 Å². The SMILES string of the molecule is NCc1ccccc1Cc1nnc2cnccn12. The Morgan fingerprint density at radius 3 is 2.78 bits per heavy atom. The molecule has 2 aromatic heterocycles. The molecule has 0 spiro atoms. The zero-order valence-corrected chi connectivity index (χ0v) is 9.82. The van der Waals surface area contributed by atoms with E-state index in [2.05, 4.69) is 21.2 Å². The highest BCUT2D eigenvalue weighted by Gasteiger charge is 2.08. The van der Waals surface area contributed by atoms with E-state index in [0.29, 0.717) is 6.54 Å². The first-order valence-corrected chi connectivity index (χ1v) is 5.79. The van der Waals surface area contributed by atoms with Crippen LogP contribution in [0.15, 0.2) is 42.9 Å². The predicted molar refractivity (Wildman–Crippen MR) is 67.9 cm³/mol. The maximum Gasteiger partial charge on any atom is 0.179 e. The Bertz CT molecular complexity index is 674. The molecule has 0 atom stereocenters. The molecule has 0 saturated carbocycles. The van der Waals surface area contributed by atoms with Crippen molar-refractivity contribution in [2.24, 2.45) is 5.73 Å². The molecule has 2 heterocycles. The van der Waals surface area contributed by atoms with Crippen LogP contribution in [0.1, 0.15) is 17.0 Å². The average Bonchev–Trinajstić information content (AvgIpc) is 2.83. The number of nitrogens with two attached hydrogens (primary N) is 1. The Morgan fingerprint density at radius 2 is 1.94 bits per heavy atom. The lowest BCUT2D eigenvalue weighted by molar-refractivity contribution is 0.912. The normalized spacial score (nSPS) is 10.9. The Labute approximate surface area is 104 Å². The Kier molecular flexibility index (Phi) is 2.74. The third-order valence-corrected chi connectivity index (χ3v) is 2.97. The minimum Gasteiger partial charge on any atom is -0.326 e. The van der Waals surface area contributed by atoms with E-state index in [4.69, 9.17) is 5.73 Å². The number of aromatic nitrogens is 4. The molecule has 0 bridgehead atoms. The van der Waals surface area contributed by atoms with Crippen molar-refractivity contribution >= 4 is 5.65 Å². The highest BCUT2D eigenvalue weighted by Crippen LogP contribution is 2.13. The lowest BCUT2D eigenvalue weighted by atomic mass is 10.0. The highest BCUT2D eigenvalue weighted by atomic mass is 15.2. The van der Waals surface area contributed by atoms with Crippen molar-refractivity contribution < 1.29 is 0 Å². The Morgan fingerprint density at radius 1 is 1.11 bits per heavy atom. The second-order valence-corrected chi connectivity index (χ2v) is 4.07. The minimum atomic E-state index is 0.536. The van der Waals surface area contributed by atoms with Crippen molar-refractivity contribution in [3.63, 3.8) is 0 Å². The molecule has 90 valence electrons. The van der Waals surface area contributed by atoms with Gasteiger partial charge in [-0.05, 0) is 11.1 Å². The molecule has 0 aliphatic heterocycles. The minimum absolute atomic E-state index is 0.536. The van der Waals surface area contributed by atoms with Crippen LogP contribution in [0.4, 0.5) is 0 Å². The van der Waals surface area contributed by atoms with Crippen molar-refractivity contribution in [2.75, 3.05) is 0 Å². The van der Waals surface area contributed by atoms with Crippen molar-refractivity contribution in [3.05, 3.63) is 59.8 Å². The second-order valence-electron chi connectivity index (χ2n) is 4.07. The molecule has 0 fully saturated rings. The fraction of sp³-hybridized carbons (Fsp3) is 0.154. The van der Waals surface area contributed by atoms with E-state index in [1.807, 2.05) is 28.8 Å². The number of hydrogen-bond acceptors (Lipinski definition) is 4. The third-order valence-electron chi connectivity index (χ3n) is 2.97. The molecule has 5 heteroatoms. The summed E-state index contributed by atoms with van der Waals surface area (Å²) in [6.45, 7) is 0.536. The van der Waals surface area contributed by atoms with Gasteiger partial charge in [0.15, 0.2) is 5.65 Å². The van der Waals surface area contributed by atoms with Crippen LogP contribution in [0.2, 0.25) is 0 Å². The Hall–Kier alpha value is -2.27. The van der Waals surface area contributed by atoms with Crippen LogP contribution >= 0.6 is 0 Å². The van der Waals surface area contributed by atoms with Crippen LogP contribution in [-0.4, -0.2) is 19.6 Å². The van der Waals surface area contributed by atoms with Gasteiger partial charge in [0.2, 0.25) is 0 Å². The first-order valence-electron chi connectivity index (χ1n) is 5.79. The molecule has 0 saturated heterocycles. The number of benzene rings is 1. The second kappa shape index (κ2) is 4.54. The molecule has 0 amide bonds. The van der Waals surface area contributed by atoms with Gasteiger partial charge in [0.25, 0.3) is 0 Å². The molecule has 2 N–H and O–H groups in total. The number of nitrogens with zero attached hydrogens (tertiary/aromatic N) is 4. The summed E-state index contributed by atoms with van der Waals surface area (Å²) in [5.41, 5.74) is 8.83. The standard InChI is InChI=1S/C13H13N5/c14-8-11-4-2-1-3-10(11)7-12-16-17-13-9-15-5-6-18(12)13/h1-6,9H,7-8,14H2. The summed E-state index contributed by atoms with van der Waals surface area (Å²) in [5, 5.41) is 8.29. The Balaban J connectivity index is 2.01. The predicted octanol–water partition coefficient (Wildman–Crippen LogP) is 1.17. The van der Waals surface area contributed by atoms with Crippen molar-refractivity contribution in [3.8, 4) is 0 Å². The zero-order valence-electron chi connectivity index (χ0n) is 9.82. The van der Waals surface area contributed by atoms with E-state index < -0.39 is 0 Å². The molecule has 0 radical (unpaired) electrons. The van der Waals surface area contributed by atoms with Crippen molar-refractivity contribution in [2.45, 2.75) is 13.0 Å². The fourth-order valence-electron chi connectivity index (χ4n) is 2.02. The molecular formula is C13H13N5. The maximum atomic E-state index is 5.74. The summed E-state index contributed by atoms with van der Waals surface area (Å²) in [6.07, 6.45) is 6.02. The molecule has 0 aliphatic rings. The zero-order chi connectivity index (χ0) is 12.4. The number of rotatable bonds is 3. The van der Waals surface area contributed by atoms with Crippen LogP contribution in [0.3, 0.4) is 0 Å². The molecular weight excluding hydrogens is 226 g/mol. The van der Waals surface area contributed by atoms with E-state index in [1.165, 1.54) is 5.56 Å². The largest absolute Gasteiger partial charge is 0.326 e. The molecule has 0 aliphatic carbocycles. The van der Waals surface area contributed by atoms with Gasteiger partial charge in [0.1, 0.15) is 5.82 Å². The van der Waals surface area contributed by atoms with E-state index in [9.17, 15) is 0 Å². The molecule has 3 aromatic rings. The average molecular weight is 239 g/mol.